The fourth-order valence-corrected chi connectivity index (χ4v) is 2.94. The summed E-state index contributed by atoms with van der Waals surface area (Å²) in [6.45, 7) is 5.12. The van der Waals surface area contributed by atoms with Gasteiger partial charge in [-0.1, -0.05) is 0 Å². The van der Waals surface area contributed by atoms with E-state index in [2.05, 4.69) is 20.6 Å². The molecule has 1 unspecified atom stereocenters. The number of thiazole rings is 1. The molecule has 4 nitrogen and oxygen atoms in total. The van der Waals surface area contributed by atoms with Crippen LogP contribution in [0.4, 0.5) is 5.13 Å². The highest BCUT2D eigenvalue weighted by atomic mass is 32.1. The quantitative estimate of drug-likeness (QED) is 0.783. The summed E-state index contributed by atoms with van der Waals surface area (Å²) in [5, 5.41) is 6.68. The molecule has 2 heterocycles. The Bertz CT molecular complexity index is 305. The molecule has 0 saturated carbocycles. The maximum absolute atomic E-state index is 5.03. The highest BCUT2D eigenvalue weighted by Gasteiger charge is 2.20. The van der Waals surface area contributed by atoms with Crippen molar-refractivity contribution in [3.8, 4) is 0 Å². The molecule has 0 aromatic carbocycles. The van der Waals surface area contributed by atoms with Gasteiger partial charge < -0.3 is 15.0 Å². The van der Waals surface area contributed by atoms with Crippen LogP contribution in [0.2, 0.25) is 0 Å². The van der Waals surface area contributed by atoms with Gasteiger partial charge in [0, 0.05) is 38.3 Å². The molecule has 2 rings (SSSR count). The second-order valence-electron chi connectivity index (χ2n) is 4.47. The molecule has 5 heteroatoms. The predicted octanol–water partition coefficient (Wildman–Crippen LogP) is 1.60. The molecular formula is C12H21N3OS. The Hall–Kier alpha value is -0.650. The molecule has 1 N–H and O–H groups in total. The van der Waals surface area contributed by atoms with Gasteiger partial charge in [-0.05, 0) is 25.3 Å². The van der Waals surface area contributed by atoms with Crippen molar-refractivity contribution in [2.45, 2.75) is 12.8 Å². The van der Waals surface area contributed by atoms with E-state index in [1.54, 1.807) is 18.4 Å². The molecule has 1 atom stereocenters. The van der Waals surface area contributed by atoms with E-state index < -0.39 is 0 Å². The van der Waals surface area contributed by atoms with Crippen LogP contribution in [0.3, 0.4) is 0 Å². The first-order valence-corrected chi connectivity index (χ1v) is 7.12. The molecule has 96 valence electrons. The summed E-state index contributed by atoms with van der Waals surface area (Å²) >= 11 is 1.74. The van der Waals surface area contributed by atoms with Gasteiger partial charge in [0.05, 0.1) is 6.61 Å². The van der Waals surface area contributed by atoms with Crippen molar-refractivity contribution in [3.05, 3.63) is 11.6 Å². The fraction of sp³-hybridized carbons (Fsp3) is 0.750. The first-order chi connectivity index (χ1) is 8.40. The Kier molecular flexibility index (Phi) is 5.22. The van der Waals surface area contributed by atoms with Crippen molar-refractivity contribution in [1.82, 2.24) is 10.3 Å². The van der Waals surface area contributed by atoms with Gasteiger partial charge in [-0.25, -0.2) is 4.98 Å². The van der Waals surface area contributed by atoms with E-state index in [9.17, 15) is 0 Å². The van der Waals surface area contributed by atoms with Gasteiger partial charge in [0.25, 0.3) is 0 Å². The maximum atomic E-state index is 5.03. The van der Waals surface area contributed by atoms with Crippen LogP contribution in [0, 0.1) is 5.92 Å². The summed E-state index contributed by atoms with van der Waals surface area (Å²) < 4.78 is 5.03. The lowest BCUT2D eigenvalue weighted by atomic mass is 9.98. The summed E-state index contributed by atoms with van der Waals surface area (Å²) in [7, 11) is 1.74. The smallest absolute Gasteiger partial charge is 0.185 e. The lowest BCUT2D eigenvalue weighted by Gasteiger charge is -2.32. The lowest BCUT2D eigenvalue weighted by molar-refractivity contribution is 0.197. The number of methoxy groups -OCH3 is 1. The fourth-order valence-electron chi connectivity index (χ4n) is 2.26. The molecular weight excluding hydrogens is 234 g/mol. The van der Waals surface area contributed by atoms with Crippen LogP contribution >= 0.6 is 11.3 Å². The van der Waals surface area contributed by atoms with Crippen molar-refractivity contribution < 1.29 is 4.74 Å². The standard InChI is InChI=1S/C12H21N3OS/c1-16-7-4-13-9-11-3-2-6-15(10-11)12-14-5-8-17-12/h5,8,11,13H,2-4,6-7,9-10H2,1H3. The van der Waals surface area contributed by atoms with Crippen molar-refractivity contribution in [2.24, 2.45) is 5.92 Å². The molecule has 0 spiro atoms. The van der Waals surface area contributed by atoms with E-state index in [-0.39, 0.29) is 0 Å². The van der Waals surface area contributed by atoms with Gasteiger partial charge in [0.15, 0.2) is 5.13 Å². The number of nitrogens with zero attached hydrogens (tertiary/aromatic N) is 2. The second kappa shape index (κ2) is 6.93. The predicted molar refractivity (Wildman–Crippen MR) is 71.8 cm³/mol. The lowest BCUT2D eigenvalue weighted by Crippen LogP contribution is -2.40. The summed E-state index contributed by atoms with van der Waals surface area (Å²) in [6, 6.07) is 0. The third kappa shape index (κ3) is 3.94. The molecule has 0 amide bonds. The highest BCUT2D eigenvalue weighted by Crippen LogP contribution is 2.24. The number of hydrogen-bond donors (Lipinski definition) is 1. The van der Waals surface area contributed by atoms with Crippen LogP contribution in [0.25, 0.3) is 0 Å². The number of piperidine rings is 1. The molecule has 0 radical (unpaired) electrons. The van der Waals surface area contributed by atoms with Gasteiger partial charge in [0.1, 0.15) is 0 Å². The minimum atomic E-state index is 0.740. The second-order valence-corrected chi connectivity index (χ2v) is 5.34. The summed E-state index contributed by atoms with van der Waals surface area (Å²) in [6.07, 6.45) is 4.48. The zero-order valence-electron chi connectivity index (χ0n) is 10.4. The first-order valence-electron chi connectivity index (χ1n) is 6.24. The average Bonchev–Trinajstić information content (AvgIpc) is 2.89. The van der Waals surface area contributed by atoms with E-state index >= 15 is 0 Å². The number of rotatable bonds is 6. The van der Waals surface area contributed by atoms with Gasteiger partial charge >= 0.3 is 0 Å². The normalized spacial score (nSPS) is 20.8. The van der Waals surface area contributed by atoms with E-state index in [0.717, 1.165) is 38.7 Å². The third-order valence-electron chi connectivity index (χ3n) is 3.12. The van der Waals surface area contributed by atoms with Crippen LogP contribution in [0.5, 0.6) is 0 Å². The van der Waals surface area contributed by atoms with Crippen LogP contribution < -0.4 is 10.2 Å². The van der Waals surface area contributed by atoms with Gasteiger partial charge in [-0.2, -0.15) is 0 Å². The molecule has 0 bridgehead atoms. The van der Waals surface area contributed by atoms with Gasteiger partial charge in [-0.15, -0.1) is 11.3 Å². The molecule has 1 aliphatic rings. The Morgan fingerprint density at radius 2 is 2.59 bits per heavy atom. The average molecular weight is 255 g/mol. The minimum absolute atomic E-state index is 0.740. The zero-order chi connectivity index (χ0) is 11.9. The molecule has 0 aliphatic carbocycles. The molecule has 17 heavy (non-hydrogen) atoms. The van der Waals surface area contributed by atoms with E-state index in [4.69, 9.17) is 4.74 Å². The zero-order valence-corrected chi connectivity index (χ0v) is 11.2. The molecule has 1 aromatic rings. The Morgan fingerprint density at radius 1 is 1.65 bits per heavy atom. The third-order valence-corrected chi connectivity index (χ3v) is 3.96. The number of hydrogen-bond acceptors (Lipinski definition) is 5. The molecule has 1 aliphatic heterocycles. The monoisotopic (exact) mass is 255 g/mol. The van der Waals surface area contributed by atoms with Gasteiger partial charge in [0.2, 0.25) is 0 Å². The molecule has 1 aromatic heterocycles. The van der Waals surface area contributed by atoms with Crippen molar-refractivity contribution in [3.63, 3.8) is 0 Å². The summed E-state index contributed by atoms with van der Waals surface area (Å²) in [4.78, 5) is 6.80. The maximum Gasteiger partial charge on any atom is 0.185 e. The molecule has 1 saturated heterocycles. The Labute approximate surface area is 107 Å². The van der Waals surface area contributed by atoms with Crippen LogP contribution in [-0.4, -0.2) is 44.9 Å². The largest absolute Gasteiger partial charge is 0.383 e. The Balaban J connectivity index is 1.73. The van der Waals surface area contributed by atoms with Gasteiger partial charge in [-0.3, -0.25) is 0 Å². The Morgan fingerprint density at radius 3 is 3.35 bits per heavy atom. The first kappa shape index (κ1) is 12.8. The van der Waals surface area contributed by atoms with Crippen molar-refractivity contribution >= 4 is 16.5 Å². The van der Waals surface area contributed by atoms with Crippen LogP contribution in [0.15, 0.2) is 11.6 Å². The van der Waals surface area contributed by atoms with Crippen molar-refractivity contribution in [1.29, 1.82) is 0 Å². The van der Waals surface area contributed by atoms with Crippen molar-refractivity contribution in [2.75, 3.05) is 44.8 Å². The number of aromatic nitrogens is 1. The topological polar surface area (TPSA) is 37.4 Å². The summed E-state index contributed by atoms with van der Waals surface area (Å²) in [5.41, 5.74) is 0. The number of anilines is 1. The highest BCUT2D eigenvalue weighted by molar-refractivity contribution is 7.13. The number of nitrogens with one attached hydrogen (secondary N) is 1. The van der Waals surface area contributed by atoms with Crippen LogP contribution in [0.1, 0.15) is 12.8 Å². The van der Waals surface area contributed by atoms with E-state index in [1.807, 2.05) is 6.20 Å². The summed E-state index contributed by atoms with van der Waals surface area (Å²) in [5.74, 6) is 0.740. The van der Waals surface area contributed by atoms with E-state index in [0.29, 0.717) is 0 Å². The SMILES string of the molecule is COCCNCC1CCCN(c2nccs2)C1. The van der Waals surface area contributed by atoms with E-state index in [1.165, 1.54) is 18.0 Å². The van der Waals surface area contributed by atoms with Crippen LogP contribution in [-0.2, 0) is 4.74 Å². The molecule has 1 fully saturated rings. The number of ether oxygens (including phenoxy) is 1. The minimum Gasteiger partial charge on any atom is -0.383 e.